The lowest BCUT2D eigenvalue weighted by atomic mass is 10.1. The molecule has 1 fully saturated rings. The van der Waals surface area contributed by atoms with Gasteiger partial charge in [-0.25, -0.2) is 15.0 Å². The van der Waals surface area contributed by atoms with Gasteiger partial charge in [-0.15, -0.1) is 0 Å². The summed E-state index contributed by atoms with van der Waals surface area (Å²) in [5.74, 6) is 1.35. The standard InChI is InChI=1S/C24H25N7O3/c25-24-27-14-17(15-28-24)20-12-16-4-5-26-23(32)21(16)22(30-20)29-18-2-1-3-19(13-18)34-11-8-31-6-9-33-10-7-31/h1-5,12-15H,6-11H2,(H,26,32)(H,29,30)(H2,25,27,28). The minimum absolute atomic E-state index is 0.185. The molecule has 0 bridgehead atoms. The molecule has 1 aliphatic heterocycles. The number of pyridine rings is 2. The van der Waals surface area contributed by atoms with E-state index < -0.39 is 0 Å². The van der Waals surface area contributed by atoms with Crippen molar-refractivity contribution < 1.29 is 9.47 Å². The highest BCUT2D eigenvalue weighted by molar-refractivity contribution is 5.95. The number of nitrogen functional groups attached to an aromatic ring is 1. The van der Waals surface area contributed by atoms with E-state index in [2.05, 4.69) is 25.2 Å². The maximum atomic E-state index is 12.6. The molecule has 4 aromatic rings. The molecule has 1 aromatic carbocycles. The van der Waals surface area contributed by atoms with E-state index in [1.807, 2.05) is 36.4 Å². The van der Waals surface area contributed by atoms with E-state index in [1.54, 1.807) is 18.6 Å². The van der Waals surface area contributed by atoms with E-state index >= 15 is 0 Å². The minimum Gasteiger partial charge on any atom is -0.492 e. The molecule has 10 nitrogen and oxygen atoms in total. The Morgan fingerprint density at radius 3 is 2.79 bits per heavy atom. The Bertz CT molecular complexity index is 1330. The van der Waals surface area contributed by atoms with Gasteiger partial charge < -0.3 is 25.5 Å². The summed E-state index contributed by atoms with van der Waals surface area (Å²) in [7, 11) is 0. The molecular formula is C24H25N7O3. The molecule has 4 heterocycles. The summed E-state index contributed by atoms with van der Waals surface area (Å²) in [6.07, 6.45) is 4.83. The number of nitrogens with one attached hydrogen (secondary N) is 2. The van der Waals surface area contributed by atoms with Crippen molar-refractivity contribution in [2.75, 3.05) is 50.5 Å². The highest BCUT2D eigenvalue weighted by atomic mass is 16.5. The van der Waals surface area contributed by atoms with Crippen molar-refractivity contribution in [1.29, 1.82) is 0 Å². The second kappa shape index (κ2) is 9.86. The number of ether oxygens (including phenoxy) is 2. The monoisotopic (exact) mass is 459 g/mol. The van der Waals surface area contributed by atoms with Crippen LogP contribution in [0.1, 0.15) is 0 Å². The van der Waals surface area contributed by atoms with E-state index in [4.69, 9.17) is 20.2 Å². The Labute approximate surface area is 195 Å². The highest BCUT2D eigenvalue weighted by Crippen LogP contribution is 2.28. The Morgan fingerprint density at radius 2 is 1.97 bits per heavy atom. The van der Waals surface area contributed by atoms with Crippen molar-refractivity contribution in [2.24, 2.45) is 0 Å². The fourth-order valence-corrected chi connectivity index (χ4v) is 3.84. The smallest absolute Gasteiger partial charge is 0.259 e. The topological polar surface area (TPSA) is 131 Å². The van der Waals surface area contributed by atoms with Gasteiger partial charge in [0.05, 0.1) is 24.3 Å². The van der Waals surface area contributed by atoms with Gasteiger partial charge in [-0.2, -0.15) is 0 Å². The zero-order valence-electron chi connectivity index (χ0n) is 18.5. The average molecular weight is 460 g/mol. The summed E-state index contributed by atoms with van der Waals surface area (Å²) >= 11 is 0. The second-order valence-electron chi connectivity index (χ2n) is 7.91. The highest BCUT2D eigenvalue weighted by Gasteiger charge is 2.13. The molecule has 1 aliphatic rings. The molecular weight excluding hydrogens is 434 g/mol. The number of H-pyrrole nitrogens is 1. The first-order valence-corrected chi connectivity index (χ1v) is 11.1. The van der Waals surface area contributed by atoms with Gasteiger partial charge in [-0.3, -0.25) is 9.69 Å². The fraction of sp³-hybridized carbons (Fsp3) is 0.250. The van der Waals surface area contributed by atoms with E-state index in [1.165, 1.54) is 0 Å². The molecule has 0 unspecified atom stereocenters. The third kappa shape index (κ3) is 4.98. The van der Waals surface area contributed by atoms with Crippen LogP contribution in [0.5, 0.6) is 5.75 Å². The first-order valence-electron chi connectivity index (χ1n) is 11.1. The molecule has 5 rings (SSSR count). The quantitative estimate of drug-likeness (QED) is 0.381. The summed E-state index contributed by atoms with van der Waals surface area (Å²) in [5, 5.41) is 4.49. The SMILES string of the molecule is Nc1ncc(-c2cc3cc[nH]c(=O)c3c(Nc3cccc(OCCN4CCOCC4)c3)n2)cn1. The molecule has 0 spiro atoms. The third-order valence-electron chi connectivity index (χ3n) is 5.60. The second-order valence-corrected chi connectivity index (χ2v) is 7.91. The summed E-state index contributed by atoms with van der Waals surface area (Å²) in [6, 6.07) is 11.3. The number of hydrogen-bond acceptors (Lipinski definition) is 9. The van der Waals surface area contributed by atoms with Crippen LogP contribution in [0.3, 0.4) is 0 Å². The van der Waals surface area contributed by atoms with Gasteiger partial charge in [0.1, 0.15) is 18.2 Å². The zero-order chi connectivity index (χ0) is 23.3. The Balaban J connectivity index is 1.40. The normalized spacial score (nSPS) is 14.2. The Kier molecular flexibility index (Phi) is 6.32. The van der Waals surface area contributed by atoms with Crippen LogP contribution >= 0.6 is 0 Å². The van der Waals surface area contributed by atoms with Gasteiger partial charge in [0.15, 0.2) is 0 Å². The van der Waals surface area contributed by atoms with Crippen LogP contribution in [-0.2, 0) is 4.74 Å². The molecule has 0 radical (unpaired) electrons. The number of hydrogen-bond donors (Lipinski definition) is 3. The van der Waals surface area contributed by atoms with Gasteiger partial charge in [0, 0.05) is 55.5 Å². The number of benzene rings is 1. The van der Waals surface area contributed by atoms with E-state index in [9.17, 15) is 4.79 Å². The minimum atomic E-state index is -0.231. The van der Waals surface area contributed by atoms with Crippen LogP contribution in [0.15, 0.2) is 59.8 Å². The predicted octanol–water partition coefficient (Wildman–Crippen LogP) is 2.42. The van der Waals surface area contributed by atoms with Crippen molar-refractivity contribution in [3.63, 3.8) is 0 Å². The maximum Gasteiger partial charge on any atom is 0.259 e. The lowest BCUT2D eigenvalue weighted by Gasteiger charge is -2.26. The first kappa shape index (κ1) is 21.8. The van der Waals surface area contributed by atoms with Crippen LogP contribution in [0.4, 0.5) is 17.5 Å². The Morgan fingerprint density at radius 1 is 1.15 bits per heavy atom. The number of rotatable bonds is 7. The summed E-state index contributed by atoms with van der Waals surface area (Å²) in [6.45, 7) is 4.80. The first-order chi connectivity index (χ1) is 16.7. The van der Waals surface area contributed by atoms with Crippen molar-refractivity contribution in [2.45, 2.75) is 0 Å². The van der Waals surface area contributed by atoms with Gasteiger partial charge >= 0.3 is 0 Å². The van der Waals surface area contributed by atoms with Crippen molar-refractivity contribution in [3.05, 3.63) is 65.3 Å². The summed E-state index contributed by atoms with van der Waals surface area (Å²) in [5.41, 5.74) is 7.46. The Hall–Kier alpha value is -4.02. The number of aromatic amines is 1. The number of fused-ring (bicyclic) bond motifs is 1. The van der Waals surface area contributed by atoms with Crippen molar-refractivity contribution in [1.82, 2.24) is 24.8 Å². The van der Waals surface area contributed by atoms with E-state index in [0.29, 0.717) is 29.1 Å². The molecule has 10 heteroatoms. The number of anilines is 3. The number of morpholine rings is 1. The third-order valence-corrected chi connectivity index (χ3v) is 5.60. The molecule has 0 amide bonds. The lowest BCUT2D eigenvalue weighted by Crippen LogP contribution is -2.38. The van der Waals surface area contributed by atoms with Gasteiger partial charge in [-0.05, 0) is 29.7 Å². The number of nitrogens with two attached hydrogens (primary N) is 1. The number of aromatic nitrogens is 4. The maximum absolute atomic E-state index is 12.6. The molecule has 174 valence electrons. The van der Waals surface area contributed by atoms with Crippen molar-refractivity contribution >= 4 is 28.2 Å². The fourth-order valence-electron chi connectivity index (χ4n) is 3.84. The van der Waals surface area contributed by atoms with Crippen LogP contribution in [0.25, 0.3) is 22.0 Å². The van der Waals surface area contributed by atoms with Crippen molar-refractivity contribution in [3.8, 4) is 17.0 Å². The number of nitrogens with zero attached hydrogens (tertiary/aromatic N) is 4. The molecule has 4 N–H and O–H groups in total. The average Bonchev–Trinajstić information content (AvgIpc) is 2.85. The molecule has 0 atom stereocenters. The lowest BCUT2D eigenvalue weighted by molar-refractivity contribution is 0.0322. The largest absolute Gasteiger partial charge is 0.492 e. The molecule has 34 heavy (non-hydrogen) atoms. The van der Waals surface area contributed by atoms with Gasteiger partial charge in [0.25, 0.3) is 5.56 Å². The van der Waals surface area contributed by atoms with E-state index in [-0.39, 0.29) is 11.5 Å². The van der Waals surface area contributed by atoms with Crippen LogP contribution < -0.4 is 21.3 Å². The molecule has 0 saturated carbocycles. The predicted molar refractivity (Wildman–Crippen MR) is 130 cm³/mol. The van der Waals surface area contributed by atoms with Crippen LogP contribution in [0, 0.1) is 0 Å². The van der Waals surface area contributed by atoms with Crippen LogP contribution in [-0.4, -0.2) is 64.3 Å². The van der Waals surface area contributed by atoms with Crippen LogP contribution in [0.2, 0.25) is 0 Å². The van der Waals surface area contributed by atoms with E-state index in [0.717, 1.165) is 49.7 Å². The zero-order valence-corrected chi connectivity index (χ0v) is 18.5. The summed E-state index contributed by atoms with van der Waals surface area (Å²) < 4.78 is 11.3. The summed E-state index contributed by atoms with van der Waals surface area (Å²) in [4.78, 5) is 30.5. The molecule has 3 aromatic heterocycles. The van der Waals surface area contributed by atoms with Gasteiger partial charge in [0.2, 0.25) is 5.95 Å². The molecule has 1 saturated heterocycles. The van der Waals surface area contributed by atoms with Gasteiger partial charge in [-0.1, -0.05) is 6.07 Å². The molecule has 0 aliphatic carbocycles.